The van der Waals surface area contributed by atoms with Crippen LogP contribution in [0, 0.1) is 11.6 Å². The first-order valence-corrected chi connectivity index (χ1v) is 10.0. The second kappa shape index (κ2) is 9.01. The Balaban J connectivity index is 1.74. The molecule has 0 saturated carbocycles. The zero-order valence-electron chi connectivity index (χ0n) is 17.2. The van der Waals surface area contributed by atoms with Crippen molar-refractivity contribution in [2.24, 2.45) is 0 Å². The maximum absolute atomic E-state index is 14.7. The van der Waals surface area contributed by atoms with Gasteiger partial charge in [-0.2, -0.15) is 15.0 Å². The van der Waals surface area contributed by atoms with Crippen LogP contribution in [0.15, 0.2) is 36.8 Å². The van der Waals surface area contributed by atoms with E-state index in [1.807, 2.05) is 6.92 Å². The number of methoxy groups -OCH3 is 1. The van der Waals surface area contributed by atoms with Crippen LogP contribution in [0.25, 0.3) is 22.0 Å². The molecule has 2 aromatic carbocycles. The Morgan fingerprint density at radius 1 is 1.16 bits per heavy atom. The van der Waals surface area contributed by atoms with E-state index in [1.54, 1.807) is 25.4 Å². The largest absolute Gasteiger partial charge is 0.483 e. The van der Waals surface area contributed by atoms with Crippen LogP contribution < -0.4 is 10.5 Å². The molecule has 4 rings (SSSR count). The van der Waals surface area contributed by atoms with Gasteiger partial charge in [-0.25, -0.2) is 18.7 Å². The normalized spacial score (nSPS) is 12.3. The number of nitrogens with two attached hydrogens (primary N) is 1. The second-order valence-electron chi connectivity index (χ2n) is 6.93. The Kier molecular flexibility index (Phi) is 6.15. The van der Waals surface area contributed by atoms with Gasteiger partial charge < -0.3 is 15.2 Å². The lowest BCUT2D eigenvalue weighted by Crippen LogP contribution is -2.10. The summed E-state index contributed by atoms with van der Waals surface area (Å²) < 4.78 is 39.4. The van der Waals surface area contributed by atoms with Crippen LogP contribution in [0.3, 0.4) is 0 Å². The van der Waals surface area contributed by atoms with Gasteiger partial charge in [0.2, 0.25) is 0 Å². The Hall–Kier alpha value is -3.37. The average Bonchev–Trinajstić information content (AvgIpc) is 3.26. The first-order valence-electron chi connectivity index (χ1n) is 9.63. The molecule has 0 fully saturated rings. The van der Waals surface area contributed by atoms with Crippen molar-refractivity contribution in [3.05, 3.63) is 59.1 Å². The van der Waals surface area contributed by atoms with Crippen LogP contribution in [0.2, 0.25) is 5.02 Å². The molecule has 2 aromatic heterocycles. The minimum Gasteiger partial charge on any atom is -0.483 e. The van der Waals surface area contributed by atoms with Crippen molar-refractivity contribution >= 4 is 28.3 Å². The molecule has 11 heteroatoms. The Bertz CT molecular complexity index is 1280. The third-order valence-electron chi connectivity index (χ3n) is 4.87. The van der Waals surface area contributed by atoms with Gasteiger partial charge in [0.25, 0.3) is 0 Å². The highest BCUT2D eigenvalue weighted by Crippen LogP contribution is 2.39. The van der Waals surface area contributed by atoms with Gasteiger partial charge in [0.1, 0.15) is 40.5 Å². The molecule has 0 bridgehead atoms. The standard InChI is InChI=1S/C21H19ClF2N6O2/c1-11(15-9-28-30(29-15)7-8-31-2)32-16-6-4-13(20-17(16)21(25)27-10-26-20)12-3-5-14(23)18(22)19(12)24/h3-6,9-11H,7-8H2,1-2H3,(H2,25,26,27)/t11-/m1/s1. The van der Waals surface area contributed by atoms with Crippen molar-refractivity contribution in [2.75, 3.05) is 19.5 Å². The minimum atomic E-state index is -0.889. The van der Waals surface area contributed by atoms with E-state index in [0.717, 1.165) is 6.07 Å². The quantitative estimate of drug-likeness (QED) is 0.412. The molecular formula is C21H19ClF2N6O2. The molecule has 0 aliphatic carbocycles. The Morgan fingerprint density at radius 3 is 2.72 bits per heavy atom. The molecule has 0 saturated heterocycles. The Morgan fingerprint density at radius 2 is 1.94 bits per heavy atom. The third-order valence-corrected chi connectivity index (χ3v) is 5.22. The summed E-state index contributed by atoms with van der Waals surface area (Å²) in [5.41, 5.74) is 7.51. The van der Waals surface area contributed by atoms with E-state index >= 15 is 0 Å². The fourth-order valence-corrected chi connectivity index (χ4v) is 3.41. The number of anilines is 1. The highest BCUT2D eigenvalue weighted by atomic mass is 35.5. The summed E-state index contributed by atoms with van der Waals surface area (Å²) in [6.07, 6.45) is 2.39. The van der Waals surface area contributed by atoms with Gasteiger partial charge in [-0.3, -0.25) is 0 Å². The smallest absolute Gasteiger partial charge is 0.152 e. The predicted molar refractivity (Wildman–Crippen MR) is 115 cm³/mol. The van der Waals surface area contributed by atoms with Crippen molar-refractivity contribution in [1.82, 2.24) is 25.0 Å². The summed E-state index contributed by atoms with van der Waals surface area (Å²) in [6, 6.07) is 5.63. The van der Waals surface area contributed by atoms with Gasteiger partial charge in [-0.1, -0.05) is 11.6 Å². The summed E-state index contributed by atoms with van der Waals surface area (Å²) in [5, 5.41) is 8.36. The minimum absolute atomic E-state index is 0.0835. The van der Waals surface area contributed by atoms with Gasteiger partial charge in [0.05, 0.1) is 30.3 Å². The lowest BCUT2D eigenvalue weighted by Gasteiger charge is -2.17. The molecule has 0 unspecified atom stereocenters. The molecule has 8 nitrogen and oxygen atoms in total. The van der Waals surface area contributed by atoms with Crippen molar-refractivity contribution in [3.63, 3.8) is 0 Å². The zero-order valence-corrected chi connectivity index (χ0v) is 18.0. The van der Waals surface area contributed by atoms with Crippen molar-refractivity contribution in [2.45, 2.75) is 19.6 Å². The average molecular weight is 461 g/mol. The number of nitrogen functional groups attached to an aromatic ring is 1. The van der Waals surface area contributed by atoms with Crippen molar-refractivity contribution in [1.29, 1.82) is 0 Å². The molecule has 166 valence electrons. The summed E-state index contributed by atoms with van der Waals surface area (Å²) in [4.78, 5) is 9.82. The summed E-state index contributed by atoms with van der Waals surface area (Å²) in [7, 11) is 1.60. The lowest BCUT2D eigenvalue weighted by molar-refractivity contribution is 0.177. The number of hydrogen-bond acceptors (Lipinski definition) is 7. The van der Waals surface area contributed by atoms with Crippen LogP contribution in [-0.2, 0) is 11.3 Å². The van der Waals surface area contributed by atoms with Gasteiger partial charge in [0.15, 0.2) is 5.82 Å². The molecule has 4 aromatic rings. The van der Waals surface area contributed by atoms with Gasteiger partial charge in [-0.15, -0.1) is 0 Å². The number of rotatable bonds is 7. The monoisotopic (exact) mass is 460 g/mol. The van der Waals surface area contributed by atoms with E-state index in [4.69, 9.17) is 26.8 Å². The highest BCUT2D eigenvalue weighted by molar-refractivity contribution is 6.31. The molecule has 2 heterocycles. The van der Waals surface area contributed by atoms with E-state index < -0.39 is 22.8 Å². The SMILES string of the molecule is COCCn1ncc([C@@H](C)Oc2ccc(-c3ccc(F)c(Cl)c3F)c3ncnc(N)c23)n1. The molecule has 0 aliphatic heterocycles. The third kappa shape index (κ3) is 4.06. The first-order chi connectivity index (χ1) is 15.4. The van der Waals surface area contributed by atoms with E-state index in [0.29, 0.717) is 41.1 Å². The number of benzene rings is 2. The summed E-state index contributed by atoms with van der Waals surface area (Å²) in [5.74, 6) is -1.20. The maximum Gasteiger partial charge on any atom is 0.152 e. The fourth-order valence-electron chi connectivity index (χ4n) is 3.25. The predicted octanol–water partition coefficient (Wildman–Crippen LogP) is 4.19. The summed E-state index contributed by atoms with van der Waals surface area (Å²) >= 11 is 5.76. The van der Waals surface area contributed by atoms with Crippen LogP contribution in [0.4, 0.5) is 14.6 Å². The zero-order chi connectivity index (χ0) is 22.8. The van der Waals surface area contributed by atoms with Crippen LogP contribution >= 0.6 is 11.6 Å². The first kappa shape index (κ1) is 21.8. The van der Waals surface area contributed by atoms with Crippen LogP contribution in [0.1, 0.15) is 18.7 Å². The number of ether oxygens (including phenoxy) is 2. The lowest BCUT2D eigenvalue weighted by atomic mass is 10.0. The van der Waals surface area contributed by atoms with Crippen LogP contribution in [0.5, 0.6) is 5.75 Å². The maximum atomic E-state index is 14.7. The molecule has 1 atom stereocenters. The van der Waals surface area contributed by atoms with Gasteiger partial charge >= 0.3 is 0 Å². The summed E-state index contributed by atoms with van der Waals surface area (Å²) in [6.45, 7) is 2.80. The molecule has 0 aliphatic rings. The molecular weight excluding hydrogens is 442 g/mol. The van der Waals surface area contributed by atoms with Gasteiger partial charge in [-0.05, 0) is 31.2 Å². The number of halogens is 3. The molecule has 0 spiro atoms. The second-order valence-corrected chi connectivity index (χ2v) is 7.31. The molecule has 32 heavy (non-hydrogen) atoms. The fraction of sp³-hybridized carbons (Fsp3) is 0.238. The Labute approximate surface area is 186 Å². The number of aromatic nitrogens is 5. The van der Waals surface area contributed by atoms with E-state index in [2.05, 4.69) is 20.2 Å². The van der Waals surface area contributed by atoms with E-state index in [9.17, 15) is 8.78 Å². The van der Waals surface area contributed by atoms with Crippen LogP contribution in [-0.4, -0.2) is 38.7 Å². The van der Waals surface area contributed by atoms with E-state index in [-0.39, 0.29) is 11.4 Å². The van der Waals surface area contributed by atoms with Crippen molar-refractivity contribution in [3.8, 4) is 16.9 Å². The van der Waals surface area contributed by atoms with E-state index in [1.165, 1.54) is 17.2 Å². The topological polar surface area (TPSA) is 101 Å². The van der Waals surface area contributed by atoms with Crippen molar-refractivity contribution < 1.29 is 18.3 Å². The molecule has 0 amide bonds. The molecule has 0 radical (unpaired) electrons. The number of hydrogen-bond donors (Lipinski definition) is 1. The molecule has 2 N–H and O–H groups in total. The number of fused-ring (bicyclic) bond motifs is 1. The highest BCUT2D eigenvalue weighted by Gasteiger charge is 2.21. The van der Waals surface area contributed by atoms with Gasteiger partial charge in [0, 0.05) is 18.2 Å². The number of nitrogens with zero attached hydrogens (tertiary/aromatic N) is 5.